The second kappa shape index (κ2) is 9.12. The smallest absolute Gasteiger partial charge is 0.338 e. The van der Waals surface area contributed by atoms with Gasteiger partial charge in [-0.25, -0.2) is 4.79 Å². The molecule has 0 bridgehead atoms. The molecule has 1 fully saturated rings. The Labute approximate surface area is 181 Å². The molecule has 0 amide bonds. The van der Waals surface area contributed by atoms with E-state index in [9.17, 15) is 15.0 Å². The van der Waals surface area contributed by atoms with Gasteiger partial charge in [0.15, 0.2) is 0 Å². The molecular formula is C23H26N4O4. The molecule has 3 atom stereocenters. The minimum atomic E-state index is -0.712. The number of rotatable bonds is 7. The number of hydrogen-bond donors (Lipinski definition) is 3. The number of benzene rings is 1. The number of nitrogens with one attached hydrogen (secondary N) is 1. The molecule has 8 nitrogen and oxygen atoms in total. The number of carbonyl (C=O) groups excluding carboxylic acids is 1. The number of hydrogen-bond acceptors (Lipinski definition) is 8. The largest absolute Gasteiger partial charge is 0.457 e. The molecule has 0 spiro atoms. The highest BCUT2D eigenvalue weighted by atomic mass is 16.5. The zero-order valence-electron chi connectivity index (χ0n) is 17.4. The zero-order chi connectivity index (χ0) is 22.0. The van der Waals surface area contributed by atoms with Crippen molar-refractivity contribution in [2.75, 3.05) is 26.2 Å². The maximum atomic E-state index is 11.7. The summed E-state index contributed by atoms with van der Waals surface area (Å²) in [7, 11) is 0. The van der Waals surface area contributed by atoms with Crippen molar-refractivity contribution in [3.63, 3.8) is 0 Å². The predicted octanol–water partition coefficient (Wildman–Crippen LogP) is 1.36. The first-order valence-corrected chi connectivity index (χ1v) is 10.4. The third kappa shape index (κ3) is 4.60. The summed E-state index contributed by atoms with van der Waals surface area (Å²) in [6, 6.07) is 9.11. The number of esters is 1. The summed E-state index contributed by atoms with van der Waals surface area (Å²) in [6.45, 7) is 4.67. The van der Waals surface area contributed by atoms with Crippen LogP contribution >= 0.6 is 0 Å². The van der Waals surface area contributed by atoms with Gasteiger partial charge < -0.3 is 20.3 Å². The molecule has 0 aliphatic carbocycles. The second-order valence-electron chi connectivity index (χ2n) is 8.15. The number of aliphatic hydroxyl groups excluding tert-OH is 2. The van der Waals surface area contributed by atoms with Crippen LogP contribution in [0.3, 0.4) is 0 Å². The summed E-state index contributed by atoms with van der Waals surface area (Å²) < 4.78 is 5.09. The Morgan fingerprint density at radius 3 is 2.90 bits per heavy atom. The van der Waals surface area contributed by atoms with E-state index in [0.29, 0.717) is 29.9 Å². The van der Waals surface area contributed by atoms with E-state index >= 15 is 0 Å². The first-order valence-electron chi connectivity index (χ1n) is 10.4. The lowest BCUT2D eigenvalue weighted by Crippen LogP contribution is -2.36. The lowest BCUT2D eigenvalue weighted by molar-refractivity contribution is 0.0535. The van der Waals surface area contributed by atoms with Crippen LogP contribution in [0, 0.1) is 18.3 Å². The van der Waals surface area contributed by atoms with Crippen molar-refractivity contribution >= 4 is 5.97 Å². The topological polar surface area (TPSA) is 119 Å². The molecule has 0 radical (unpaired) electrons. The van der Waals surface area contributed by atoms with E-state index in [-0.39, 0.29) is 18.6 Å². The number of nitrogens with zero attached hydrogens (tertiary/aromatic N) is 3. The van der Waals surface area contributed by atoms with E-state index in [2.05, 4.69) is 15.2 Å². The van der Waals surface area contributed by atoms with Gasteiger partial charge in [0, 0.05) is 37.4 Å². The van der Waals surface area contributed by atoms with E-state index < -0.39 is 12.2 Å². The third-order valence-electron chi connectivity index (χ3n) is 6.13. The number of carbonyl (C=O) groups is 1. The fourth-order valence-electron chi connectivity index (χ4n) is 4.29. The number of nitriles is 1. The summed E-state index contributed by atoms with van der Waals surface area (Å²) in [5, 5.41) is 33.4. The van der Waals surface area contributed by atoms with Crippen LogP contribution in [0.15, 0.2) is 30.5 Å². The molecule has 3 N–H and O–H groups in total. The summed E-state index contributed by atoms with van der Waals surface area (Å²) in [6.07, 6.45) is 1.00. The fraction of sp³-hybridized carbons (Fsp3) is 0.435. The first-order chi connectivity index (χ1) is 15.0. The Morgan fingerprint density at radius 2 is 2.16 bits per heavy atom. The quantitative estimate of drug-likeness (QED) is 0.573. The third-order valence-corrected chi connectivity index (χ3v) is 6.13. The molecular weight excluding hydrogens is 396 g/mol. The second-order valence-corrected chi connectivity index (χ2v) is 8.15. The van der Waals surface area contributed by atoms with Crippen LogP contribution in [-0.2, 0) is 11.3 Å². The van der Waals surface area contributed by atoms with Gasteiger partial charge in [-0.1, -0.05) is 6.07 Å². The minimum Gasteiger partial charge on any atom is -0.457 e. The lowest BCUT2D eigenvalue weighted by atomic mass is 9.95. The first kappa shape index (κ1) is 21.4. The van der Waals surface area contributed by atoms with Gasteiger partial charge in [0.05, 0.1) is 22.9 Å². The molecule has 2 aliphatic rings. The van der Waals surface area contributed by atoms with Crippen LogP contribution in [0.1, 0.15) is 56.9 Å². The highest BCUT2D eigenvalue weighted by Crippen LogP contribution is 2.29. The van der Waals surface area contributed by atoms with Gasteiger partial charge >= 0.3 is 5.97 Å². The van der Waals surface area contributed by atoms with Gasteiger partial charge in [0.25, 0.3) is 0 Å². The normalized spacial score (nSPS) is 20.2. The standard InChI is InChI=1S/C23H26N4O4/c1-14-17(3-4-18-19(14)13-31-23(18)30)21(28)10-25-16-6-7-27(11-16)12-22(29)20-5-2-15(8-24)9-26-20/h2-5,9,16,21-22,25,28-29H,6-7,10-13H2,1H3/t16-,21-,22?/m1/s1. The lowest BCUT2D eigenvalue weighted by Gasteiger charge is -2.21. The van der Waals surface area contributed by atoms with Crippen molar-refractivity contribution in [3.05, 3.63) is 64.0 Å². The molecule has 4 rings (SSSR count). The molecule has 31 heavy (non-hydrogen) atoms. The summed E-state index contributed by atoms with van der Waals surface area (Å²) in [5.74, 6) is -0.304. The number of likely N-dealkylation sites (tertiary alicyclic amines) is 1. The van der Waals surface area contributed by atoms with Crippen LogP contribution in [-0.4, -0.2) is 58.3 Å². The Morgan fingerprint density at radius 1 is 1.32 bits per heavy atom. The van der Waals surface area contributed by atoms with Crippen molar-refractivity contribution in [2.24, 2.45) is 0 Å². The Balaban J connectivity index is 1.28. The van der Waals surface area contributed by atoms with Gasteiger partial charge in [-0.05, 0) is 49.2 Å². The number of aliphatic hydroxyl groups is 2. The average molecular weight is 422 g/mol. The van der Waals surface area contributed by atoms with Crippen molar-refractivity contribution < 1.29 is 19.7 Å². The highest BCUT2D eigenvalue weighted by molar-refractivity contribution is 5.93. The molecule has 2 aliphatic heterocycles. The van der Waals surface area contributed by atoms with E-state index in [1.165, 1.54) is 6.20 Å². The SMILES string of the molecule is Cc1c([C@H](O)CN[C@@H]2CCN(CC(O)c3ccc(C#N)cn3)C2)ccc2c1COC2=O. The van der Waals surface area contributed by atoms with Crippen molar-refractivity contribution in [2.45, 2.75) is 38.2 Å². The number of pyridine rings is 1. The number of ether oxygens (including phenoxy) is 1. The van der Waals surface area contributed by atoms with Gasteiger partial charge in [0.1, 0.15) is 18.8 Å². The molecule has 2 aromatic rings. The van der Waals surface area contributed by atoms with Crippen LogP contribution in [0.2, 0.25) is 0 Å². The molecule has 1 unspecified atom stereocenters. The Hall–Kier alpha value is -2.83. The van der Waals surface area contributed by atoms with Gasteiger partial charge in [0.2, 0.25) is 0 Å². The highest BCUT2D eigenvalue weighted by Gasteiger charge is 2.28. The zero-order valence-corrected chi connectivity index (χ0v) is 17.4. The van der Waals surface area contributed by atoms with Gasteiger partial charge in [-0.2, -0.15) is 5.26 Å². The molecule has 1 saturated heterocycles. The molecule has 1 aromatic heterocycles. The molecule has 3 heterocycles. The number of aromatic nitrogens is 1. The van der Waals surface area contributed by atoms with Crippen molar-refractivity contribution in [1.29, 1.82) is 5.26 Å². The molecule has 8 heteroatoms. The number of β-amino-alcohol motifs (C(OH)–C–C–N with tert-alkyl or cyclic N) is 1. The predicted molar refractivity (Wildman–Crippen MR) is 112 cm³/mol. The summed E-state index contributed by atoms with van der Waals surface area (Å²) >= 11 is 0. The molecule has 162 valence electrons. The minimum absolute atomic E-state index is 0.218. The van der Waals surface area contributed by atoms with E-state index in [0.717, 1.165) is 36.2 Å². The summed E-state index contributed by atoms with van der Waals surface area (Å²) in [4.78, 5) is 18.0. The van der Waals surface area contributed by atoms with Crippen LogP contribution < -0.4 is 5.32 Å². The van der Waals surface area contributed by atoms with E-state index in [1.807, 2.05) is 13.0 Å². The average Bonchev–Trinajstić information content (AvgIpc) is 3.39. The van der Waals surface area contributed by atoms with E-state index in [4.69, 9.17) is 10.00 Å². The van der Waals surface area contributed by atoms with Crippen LogP contribution in [0.4, 0.5) is 0 Å². The van der Waals surface area contributed by atoms with Crippen molar-refractivity contribution in [3.8, 4) is 6.07 Å². The van der Waals surface area contributed by atoms with Gasteiger partial charge in [-0.3, -0.25) is 9.88 Å². The Kier molecular flexibility index (Phi) is 6.30. The van der Waals surface area contributed by atoms with Gasteiger partial charge in [-0.15, -0.1) is 0 Å². The van der Waals surface area contributed by atoms with Crippen LogP contribution in [0.5, 0.6) is 0 Å². The van der Waals surface area contributed by atoms with Crippen molar-refractivity contribution in [1.82, 2.24) is 15.2 Å². The number of fused-ring (bicyclic) bond motifs is 1. The molecule has 0 saturated carbocycles. The Bertz CT molecular complexity index is 1000. The summed E-state index contributed by atoms with van der Waals surface area (Å²) in [5.41, 5.74) is 4.19. The maximum Gasteiger partial charge on any atom is 0.338 e. The monoisotopic (exact) mass is 422 g/mol. The molecule has 1 aromatic carbocycles. The maximum absolute atomic E-state index is 11.7. The van der Waals surface area contributed by atoms with Crippen LogP contribution in [0.25, 0.3) is 0 Å². The fourth-order valence-corrected chi connectivity index (χ4v) is 4.29. The van der Waals surface area contributed by atoms with E-state index in [1.54, 1.807) is 24.3 Å². The number of cyclic esters (lactones) is 1.